The van der Waals surface area contributed by atoms with Crippen molar-refractivity contribution in [2.24, 2.45) is 0 Å². The van der Waals surface area contributed by atoms with E-state index in [1.807, 2.05) is 0 Å². The molecule has 0 aliphatic rings. The summed E-state index contributed by atoms with van der Waals surface area (Å²) in [6, 6.07) is 12.6. The molecule has 0 aliphatic carbocycles. The quantitative estimate of drug-likeness (QED) is 0.563. The van der Waals surface area contributed by atoms with Crippen molar-refractivity contribution in [3.05, 3.63) is 83.5 Å². The molecule has 10 heteroatoms. The van der Waals surface area contributed by atoms with Crippen LogP contribution in [-0.4, -0.2) is 23.4 Å². The highest BCUT2D eigenvalue weighted by atomic mass is 35.5. The Labute approximate surface area is 166 Å². The highest BCUT2D eigenvalue weighted by Gasteiger charge is 2.33. The van der Waals surface area contributed by atoms with Crippen molar-refractivity contribution < 1.29 is 25.6 Å². The standard InChI is InChI=1S/C18H15ClFNO5S2/c19-13-3-7-16(8-4-13)28(24,25)21-12-18(17-2-1-11-26-17)27(22,23)15-9-5-14(20)6-10-15/h1-11,18,21H,12H2/t18-/m0/s1. The number of benzene rings is 2. The molecular weight excluding hydrogens is 429 g/mol. The molecule has 1 N–H and O–H groups in total. The number of rotatable bonds is 7. The third kappa shape index (κ3) is 4.44. The zero-order valence-corrected chi connectivity index (χ0v) is 16.6. The van der Waals surface area contributed by atoms with E-state index in [1.54, 1.807) is 0 Å². The summed E-state index contributed by atoms with van der Waals surface area (Å²) in [5.41, 5.74) is 0. The summed E-state index contributed by atoms with van der Waals surface area (Å²) in [5, 5.41) is -0.971. The maximum Gasteiger partial charge on any atom is 0.240 e. The van der Waals surface area contributed by atoms with Crippen LogP contribution in [0.15, 0.2) is 81.1 Å². The Bertz CT molecular complexity index is 1140. The van der Waals surface area contributed by atoms with Gasteiger partial charge in [-0.3, -0.25) is 0 Å². The van der Waals surface area contributed by atoms with E-state index in [2.05, 4.69) is 4.72 Å². The topological polar surface area (TPSA) is 93.4 Å². The maximum absolute atomic E-state index is 13.2. The second-order valence-electron chi connectivity index (χ2n) is 5.81. The number of nitrogens with one attached hydrogen (secondary N) is 1. The van der Waals surface area contributed by atoms with Gasteiger partial charge in [-0.15, -0.1) is 0 Å². The van der Waals surface area contributed by atoms with Crippen molar-refractivity contribution in [2.45, 2.75) is 15.0 Å². The van der Waals surface area contributed by atoms with Crippen molar-refractivity contribution >= 4 is 31.5 Å². The molecule has 1 heterocycles. The maximum atomic E-state index is 13.2. The minimum Gasteiger partial charge on any atom is -0.468 e. The van der Waals surface area contributed by atoms with Gasteiger partial charge in [-0.1, -0.05) is 11.6 Å². The van der Waals surface area contributed by atoms with Gasteiger partial charge >= 0.3 is 0 Å². The fraction of sp³-hybridized carbons (Fsp3) is 0.111. The number of sulfone groups is 1. The fourth-order valence-corrected chi connectivity index (χ4v) is 5.37. The highest BCUT2D eigenvalue weighted by Crippen LogP contribution is 2.29. The van der Waals surface area contributed by atoms with Crippen molar-refractivity contribution in [1.29, 1.82) is 0 Å². The van der Waals surface area contributed by atoms with Gasteiger partial charge in [0.15, 0.2) is 9.84 Å². The van der Waals surface area contributed by atoms with Crippen LogP contribution in [0.4, 0.5) is 4.39 Å². The van der Waals surface area contributed by atoms with Gasteiger partial charge in [0.05, 0.1) is 16.1 Å². The highest BCUT2D eigenvalue weighted by molar-refractivity contribution is 7.92. The van der Waals surface area contributed by atoms with Crippen LogP contribution in [0.1, 0.15) is 11.0 Å². The van der Waals surface area contributed by atoms with E-state index < -0.39 is 37.5 Å². The Morgan fingerprint density at radius 1 is 0.929 bits per heavy atom. The monoisotopic (exact) mass is 443 g/mol. The molecule has 0 radical (unpaired) electrons. The number of hydrogen-bond donors (Lipinski definition) is 1. The molecule has 0 unspecified atom stereocenters. The lowest BCUT2D eigenvalue weighted by molar-refractivity contribution is 0.486. The predicted octanol–water partition coefficient (Wildman–Crippen LogP) is 3.57. The molecule has 1 aromatic heterocycles. The summed E-state index contributed by atoms with van der Waals surface area (Å²) in [6.07, 6.45) is 1.29. The Kier molecular flexibility index (Phi) is 5.90. The molecule has 3 rings (SSSR count). The molecule has 0 amide bonds. The summed E-state index contributed by atoms with van der Waals surface area (Å²) in [6.45, 7) is -0.474. The summed E-state index contributed by atoms with van der Waals surface area (Å²) in [4.78, 5) is -0.213. The molecule has 28 heavy (non-hydrogen) atoms. The first-order valence-corrected chi connectivity index (χ1v) is 11.4. The lowest BCUT2D eigenvalue weighted by atomic mass is 10.3. The van der Waals surface area contributed by atoms with E-state index >= 15 is 0 Å². The molecule has 0 bridgehead atoms. The van der Waals surface area contributed by atoms with Crippen molar-refractivity contribution in [3.8, 4) is 0 Å². The van der Waals surface area contributed by atoms with Crippen molar-refractivity contribution in [1.82, 2.24) is 4.72 Å². The van der Waals surface area contributed by atoms with Crippen LogP contribution in [0.5, 0.6) is 0 Å². The van der Waals surface area contributed by atoms with Crippen LogP contribution in [0.2, 0.25) is 5.02 Å². The first-order valence-electron chi connectivity index (χ1n) is 7.98. The summed E-state index contributed by atoms with van der Waals surface area (Å²) >= 11 is 5.76. The Morgan fingerprint density at radius 3 is 2.11 bits per heavy atom. The summed E-state index contributed by atoms with van der Waals surface area (Å²) in [5.74, 6) is -0.528. The van der Waals surface area contributed by atoms with E-state index in [0.29, 0.717) is 5.02 Å². The Morgan fingerprint density at radius 2 is 1.54 bits per heavy atom. The van der Waals surface area contributed by atoms with E-state index in [0.717, 1.165) is 24.3 Å². The number of sulfonamides is 1. The van der Waals surface area contributed by atoms with Gasteiger partial charge in [0.2, 0.25) is 10.0 Å². The Balaban J connectivity index is 1.91. The minimum absolute atomic E-state index is 0.0585. The zero-order valence-electron chi connectivity index (χ0n) is 14.2. The van der Waals surface area contributed by atoms with E-state index in [1.165, 1.54) is 42.7 Å². The van der Waals surface area contributed by atoms with Gasteiger partial charge < -0.3 is 4.42 Å². The third-order valence-electron chi connectivity index (χ3n) is 3.96. The molecule has 6 nitrogen and oxygen atoms in total. The molecule has 1 atom stereocenters. The SMILES string of the molecule is O=S(=O)(NC[C@@H](c1ccco1)S(=O)(=O)c1ccc(F)cc1)c1ccc(Cl)cc1. The van der Waals surface area contributed by atoms with Gasteiger partial charge in [-0.25, -0.2) is 25.9 Å². The van der Waals surface area contributed by atoms with Crippen molar-refractivity contribution in [3.63, 3.8) is 0 Å². The average molecular weight is 444 g/mol. The molecule has 0 spiro atoms. The van der Waals surface area contributed by atoms with Gasteiger partial charge in [0.1, 0.15) is 16.8 Å². The smallest absolute Gasteiger partial charge is 0.240 e. The van der Waals surface area contributed by atoms with Gasteiger partial charge in [-0.2, -0.15) is 0 Å². The van der Waals surface area contributed by atoms with Gasteiger partial charge in [0.25, 0.3) is 0 Å². The molecule has 148 valence electrons. The van der Waals surface area contributed by atoms with Crippen LogP contribution in [0.3, 0.4) is 0 Å². The number of furan rings is 1. The lowest BCUT2D eigenvalue weighted by Crippen LogP contribution is -2.31. The van der Waals surface area contributed by atoms with Crippen LogP contribution in [-0.2, 0) is 19.9 Å². The summed E-state index contributed by atoms with van der Waals surface area (Å²) in [7, 11) is -8.05. The molecule has 2 aromatic carbocycles. The van der Waals surface area contributed by atoms with Gasteiger partial charge in [0, 0.05) is 11.6 Å². The minimum atomic E-state index is -4.06. The normalized spacial score (nSPS) is 13.4. The molecule has 0 saturated heterocycles. The zero-order chi connectivity index (χ0) is 20.4. The third-order valence-corrected chi connectivity index (χ3v) is 7.73. The van der Waals surface area contributed by atoms with Crippen LogP contribution >= 0.6 is 11.6 Å². The van der Waals surface area contributed by atoms with Crippen LogP contribution < -0.4 is 4.72 Å². The first-order chi connectivity index (χ1) is 13.2. The largest absolute Gasteiger partial charge is 0.468 e. The van der Waals surface area contributed by atoms with Gasteiger partial charge in [-0.05, 0) is 60.7 Å². The van der Waals surface area contributed by atoms with E-state index in [9.17, 15) is 21.2 Å². The molecule has 0 aliphatic heterocycles. The molecule has 0 saturated carbocycles. The van der Waals surface area contributed by atoms with Crippen LogP contribution in [0.25, 0.3) is 0 Å². The molecule has 3 aromatic rings. The predicted molar refractivity (Wildman–Crippen MR) is 102 cm³/mol. The molecular formula is C18H15ClFNO5S2. The second kappa shape index (κ2) is 8.04. The summed E-state index contributed by atoms with van der Waals surface area (Å²) < 4.78 is 71.7. The first kappa shape index (κ1) is 20.5. The number of halogens is 2. The second-order valence-corrected chi connectivity index (χ2v) is 10.1. The van der Waals surface area contributed by atoms with E-state index in [4.69, 9.17) is 16.0 Å². The number of hydrogen-bond acceptors (Lipinski definition) is 5. The van der Waals surface area contributed by atoms with Crippen LogP contribution in [0, 0.1) is 5.82 Å². The average Bonchev–Trinajstić information content (AvgIpc) is 3.16. The molecule has 0 fully saturated rings. The fourth-order valence-electron chi connectivity index (χ4n) is 2.51. The van der Waals surface area contributed by atoms with E-state index in [-0.39, 0.29) is 15.6 Å². The van der Waals surface area contributed by atoms with Crippen molar-refractivity contribution in [2.75, 3.05) is 6.54 Å². The Hall–Kier alpha value is -2.20. The lowest BCUT2D eigenvalue weighted by Gasteiger charge is -2.17.